The van der Waals surface area contributed by atoms with Gasteiger partial charge < -0.3 is 15.1 Å². The van der Waals surface area contributed by atoms with Crippen LogP contribution in [0.3, 0.4) is 0 Å². The summed E-state index contributed by atoms with van der Waals surface area (Å²) in [4.78, 5) is 8.85. The van der Waals surface area contributed by atoms with Gasteiger partial charge in [-0.3, -0.25) is 4.99 Å². The summed E-state index contributed by atoms with van der Waals surface area (Å²) < 4.78 is 5.57. The molecule has 25 heavy (non-hydrogen) atoms. The zero-order valence-corrected chi connectivity index (χ0v) is 15.2. The van der Waals surface area contributed by atoms with E-state index in [-0.39, 0.29) is 0 Å². The third-order valence-electron chi connectivity index (χ3n) is 5.05. The predicted octanol–water partition coefficient (Wildman–Crippen LogP) is 3.83. The minimum Gasteiger partial charge on any atom is -0.444 e. The Bertz CT molecular complexity index is 680. The van der Waals surface area contributed by atoms with Crippen molar-refractivity contribution in [3.05, 3.63) is 42.3 Å². The highest BCUT2D eigenvalue weighted by molar-refractivity contribution is 5.79. The van der Waals surface area contributed by atoms with Gasteiger partial charge in [0.2, 0.25) is 5.89 Å². The van der Waals surface area contributed by atoms with Crippen molar-refractivity contribution in [2.24, 2.45) is 16.8 Å². The van der Waals surface area contributed by atoms with Crippen molar-refractivity contribution in [2.45, 2.75) is 39.2 Å². The third-order valence-corrected chi connectivity index (χ3v) is 5.05. The molecule has 2 N–H and O–H groups in total. The Labute approximate surface area is 150 Å². The summed E-state index contributed by atoms with van der Waals surface area (Å²) >= 11 is 0. The number of hydrogen-bond donors (Lipinski definition) is 2. The Hall–Kier alpha value is -2.30. The van der Waals surface area contributed by atoms with Crippen molar-refractivity contribution in [1.29, 1.82) is 0 Å². The van der Waals surface area contributed by atoms with Crippen molar-refractivity contribution in [3.8, 4) is 11.5 Å². The molecule has 2 unspecified atom stereocenters. The van der Waals surface area contributed by atoms with Gasteiger partial charge in [0.05, 0.1) is 12.2 Å². The van der Waals surface area contributed by atoms with Gasteiger partial charge in [0.1, 0.15) is 6.26 Å². The maximum absolute atomic E-state index is 5.57. The average Bonchev–Trinajstić information content (AvgIpc) is 3.13. The Balaban J connectivity index is 1.49. The normalized spacial score (nSPS) is 21.1. The van der Waals surface area contributed by atoms with Gasteiger partial charge in [0, 0.05) is 19.2 Å². The first-order valence-electron chi connectivity index (χ1n) is 9.20. The van der Waals surface area contributed by atoms with Crippen LogP contribution in [0.15, 0.2) is 46.0 Å². The molecule has 0 radical (unpaired) electrons. The van der Waals surface area contributed by atoms with Crippen LogP contribution >= 0.6 is 0 Å². The van der Waals surface area contributed by atoms with E-state index < -0.39 is 0 Å². The fourth-order valence-corrected chi connectivity index (χ4v) is 3.42. The smallest absolute Gasteiger partial charge is 0.226 e. The zero-order valence-electron chi connectivity index (χ0n) is 15.2. The highest BCUT2D eigenvalue weighted by atomic mass is 16.3. The van der Waals surface area contributed by atoms with E-state index in [0.29, 0.717) is 12.4 Å². The standard InChI is InChI=1S/C20H28N4O/c1-15-8-6-7-11-17(15)12-22-20(21-2)23-13-18-14-25-19(24-18)16-9-4-3-5-10-16/h3-5,9-10,14-15,17H,6-8,11-13H2,1-2H3,(H2,21,22,23). The third kappa shape index (κ3) is 4.84. The largest absolute Gasteiger partial charge is 0.444 e. The highest BCUT2D eigenvalue weighted by Gasteiger charge is 2.21. The van der Waals surface area contributed by atoms with Crippen molar-refractivity contribution in [1.82, 2.24) is 15.6 Å². The van der Waals surface area contributed by atoms with Crippen molar-refractivity contribution < 1.29 is 4.42 Å². The summed E-state index contributed by atoms with van der Waals surface area (Å²) in [6.45, 7) is 3.94. The minimum absolute atomic E-state index is 0.593. The molecule has 5 heteroatoms. The molecule has 0 saturated heterocycles. The van der Waals surface area contributed by atoms with Gasteiger partial charge in [-0.15, -0.1) is 0 Å². The van der Waals surface area contributed by atoms with Crippen molar-refractivity contribution in [2.75, 3.05) is 13.6 Å². The summed E-state index contributed by atoms with van der Waals surface area (Å²) in [5.74, 6) is 3.01. The summed E-state index contributed by atoms with van der Waals surface area (Å²) in [6, 6.07) is 9.94. The van der Waals surface area contributed by atoms with Crippen LogP contribution in [-0.4, -0.2) is 24.5 Å². The molecule has 1 aliphatic carbocycles. The summed E-state index contributed by atoms with van der Waals surface area (Å²) in [7, 11) is 1.80. The minimum atomic E-state index is 0.593. The molecule has 1 aliphatic rings. The Morgan fingerprint density at radius 3 is 2.76 bits per heavy atom. The average molecular weight is 340 g/mol. The number of hydrogen-bond acceptors (Lipinski definition) is 3. The fourth-order valence-electron chi connectivity index (χ4n) is 3.42. The first-order chi connectivity index (χ1) is 12.3. The van der Waals surface area contributed by atoms with E-state index in [2.05, 4.69) is 27.5 Å². The second kappa shape index (κ2) is 8.70. The van der Waals surface area contributed by atoms with Crippen LogP contribution in [0.4, 0.5) is 0 Å². The summed E-state index contributed by atoms with van der Waals surface area (Å²) in [5.41, 5.74) is 1.86. The van der Waals surface area contributed by atoms with Gasteiger partial charge in [-0.2, -0.15) is 0 Å². The van der Waals surface area contributed by atoms with Crippen LogP contribution < -0.4 is 10.6 Å². The lowest BCUT2D eigenvalue weighted by Gasteiger charge is -2.29. The lowest BCUT2D eigenvalue weighted by atomic mass is 9.80. The maximum Gasteiger partial charge on any atom is 0.226 e. The second-order valence-electron chi connectivity index (χ2n) is 6.84. The SMILES string of the molecule is CN=C(NCc1coc(-c2ccccc2)n1)NCC1CCCCC1C. The van der Waals surface area contributed by atoms with Crippen LogP contribution in [-0.2, 0) is 6.54 Å². The van der Waals surface area contributed by atoms with Gasteiger partial charge in [-0.05, 0) is 30.4 Å². The molecule has 0 spiro atoms. The van der Waals surface area contributed by atoms with E-state index >= 15 is 0 Å². The van der Waals surface area contributed by atoms with Gasteiger partial charge in [0.15, 0.2) is 5.96 Å². The molecular formula is C20H28N4O. The van der Waals surface area contributed by atoms with Gasteiger partial charge in [-0.1, -0.05) is 44.4 Å². The number of oxazole rings is 1. The Morgan fingerprint density at radius 2 is 2.00 bits per heavy atom. The van der Waals surface area contributed by atoms with Crippen LogP contribution in [0, 0.1) is 11.8 Å². The molecule has 1 heterocycles. The number of guanidine groups is 1. The van der Waals surface area contributed by atoms with E-state index in [4.69, 9.17) is 4.42 Å². The number of aliphatic imine (C=N–C) groups is 1. The van der Waals surface area contributed by atoms with Crippen LogP contribution in [0.2, 0.25) is 0 Å². The molecule has 3 rings (SSSR count). The van der Waals surface area contributed by atoms with Gasteiger partial charge in [0.25, 0.3) is 0 Å². The van der Waals surface area contributed by atoms with Gasteiger partial charge in [-0.25, -0.2) is 4.98 Å². The molecule has 2 aromatic rings. The van der Waals surface area contributed by atoms with Crippen LogP contribution in [0.5, 0.6) is 0 Å². The Kier molecular flexibility index (Phi) is 6.09. The number of rotatable bonds is 5. The number of benzene rings is 1. The second-order valence-corrected chi connectivity index (χ2v) is 6.84. The molecule has 0 amide bonds. The van der Waals surface area contributed by atoms with Gasteiger partial charge >= 0.3 is 0 Å². The lowest BCUT2D eigenvalue weighted by Crippen LogP contribution is -2.41. The van der Waals surface area contributed by atoms with E-state index in [1.54, 1.807) is 13.3 Å². The van der Waals surface area contributed by atoms with Crippen molar-refractivity contribution in [3.63, 3.8) is 0 Å². The van der Waals surface area contributed by atoms with E-state index in [1.807, 2.05) is 30.3 Å². The molecule has 2 atom stereocenters. The molecule has 5 nitrogen and oxygen atoms in total. The zero-order chi connectivity index (χ0) is 17.5. The summed E-state index contributed by atoms with van der Waals surface area (Å²) in [5, 5.41) is 6.78. The predicted molar refractivity (Wildman–Crippen MR) is 101 cm³/mol. The monoisotopic (exact) mass is 340 g/mol. The topological polar surface area (TPSA) is 62.5 Å². The molecule has 1 saturated carbocycles. The summed E-state index contributed by atoms with van der Waals surface area (Å²) in [6.07, 6.45) is 7.09. The molecule has 1 fully saturated rings. The van der Waals surface area contributed by atoms with Crippen LogP contribution in [0.25, 0.3) is 11.5 Å². The number of aromatic nitrogens is 1. The highest BCUT2D eigenvalue weighted by Crippen LogP contribution is 2.28. The molecule has 1 aromatic carbocycles. The molecule has 0 bridgehead atoms. The van der Waals surface area contributed by atoms with E-state index in [0.717, 1.165) is 35.6 Å². The van der Waals surface area contributed by atoms with E-state index in [1.165, 1.54) is 25.7 Å². The maximum atomic E-state index is 5.57. The molecule has 134 valence electrons. The van der Waals surface area contributed by atoms with E-state index in [9.17, 15) is 0 Å². The lowest BCUT2D eigenvalue weighted by molar-refractivity contribution is 0.256. The number of nitrogens with one attached hydrogen (secondary N) is 2. The van der Waals surface area contributed by atoms with Crippen LogP contribution in [0.1, 0.15) is 38.3 Å². The molecule has 1 aromatic heterocycles. The fraction of sp³-hybridized carbons (Fsp3) is 0.500. The molecule has 0 aliphatic heterocycles. The first-order valence-corrected chi connectivity index (χ1v) is 9.20. The van der Waals surface area contributed by atoms with Crippen molar-refractivity contribution >= 4 is 5.96 Å². The quantitative estimate of drug-likeness (QED) is 0.641. The first kappa shape index (κ1) is 17.5. The number of nitrogens with zero attached hydrogens (tertiary/aromatic N) is 2. The Morgan fingerprint density at radius 1 is 1.20 bits per heavy atom. The molecular weight excluding hydrogens is 312 g/mol.